The molecule has 2 heterocycles. The van der Waals surface area contributed by atoms with Crippen molar-refractivity contribution in [3.8, 4) is 0 Å². The van der Waals surface area contributed by atoms with E-state index in [1.54, 1.807) is 36.4 Å². The van der Waals surface area contributed by atoms with Gasteiger partial charge in [-0.05, 0) is 55.7 Å². The Balaban J connectivity index is 1.50. The van der Waals surface area contributed by atoms with Crippen LogP contribution >= 0.6 is 0 Å². The molecule has 10 heteroatoms. The number of likely N-dealkylation sites (tertiary alicyclic amines) is 1. The topological polar surface area (TPSA) is 111 Å². The molecule has 0 radical (unpaired) electrons. The van der Waals surface area contributed by atoms with E-state index < -0.39 is 10.0 Å². The molecule has 2 aliphatic heterocycles. The van der Waals surface area contributed by atoms with Crippen LogP contribution in [0.3, 0.4) is 0 Å². The standard InChI is InChI=1S/C25H33N5O4S/c1-19-5-2-6-21(17-19)35(33,34)28-22-18-20(8-9-23(22)29-15-11-26-12-16-29)25(32)27-10-4-14-30-13-3-7-24(30)31/h2,5-6,8-9,17-18,26,28H,3-4,7,10-16H2,1H3,(H,27,32). The molecule has 2 saturated heterocycles. The van der Waals surface area contributed by atoms with Gasteiger partial charge in [0.1, 0.15) is 0 Å². The van der Waals surface area contributed by atoms with Crippen molar-refractivity contribution in [2.24, 2.45) is 0 Å². The minimum Gasteiger partial charge on any atom is -0.367 e. The number of aryl methyl sites for hydroxylation is 1. The number of rotatable bonds is 9. The number of hydrogen-bond donors (Lipinski definition) is 3. The van der Waals surface area contributed by atoms with Crippen LogP contribution in [0.4, 0.5) is 11.4 Å². The lowest BCUT2D eigenvalue weighted by atomic mass is 10.1. The number of nitrogens with zero attached hydrogens (tertiary/aromatic N) is 2. The molecule has 4 rings (SSSR count). The van der Waals surface area contributed by atoms with Crippen LogP contribution in [0, 0.1) is 6.92 Å². The normalized spacial score (nSPS) is 16.4. The van der Waals surface area contributed by atoms with Crippen molar-refractivity contribution >= 4 is 33.2 Å². The van der Waals surface area contributed by atoms with Crippen LogP contribution in [0.1, 0.15) is 35.2 Å². The fraction of sp³-hybridized carbons (Fsp3) is 0.440. The van der Waals surface area contributed by atoms with Crippen LogP contribution in [0.25, 0.3) is 0 Å². The maximum Gasteiger partial charge on any atom is 0.261 e. The summed E-state index contributed by atoms with van der Waals surface area (Å²) in [6.45, 7) is 6.76. The molecule has 188 valence electrons. The van der Waals surface area contributed by atoms with Gasteiger partial charge < -0.3 is 20.4 Å². The Morgan fingerprint density at radius 3 is 2.60 bits per heavy atom. The molecule has 35 heavy (non-hydrogen) atoms. The quantitative estimate of drug-likeness (QED) is 0.455. The third kappa shape index (κ3) is 6.32. The monoisotopic (exact) mass is 499 g/mol. The van der Waals surface area contributed by atoms with E-state index in [4.69, 9.17) is 0 Å². The second kappa shape index (κ2) is 11.1. The van der Waals surface area contributed by atoms with Gasteiger partial charge in [0.2, 0.25) is 5.91 Å². The van der Waals surface area contributed by atoms with Gasteiger partial charge in [0.25, 0.3) is 15.9 Å². The maximum absolute atomic E-state index is 13.2. The van der Waals surface area contributed by atoms with Gasteiger partial charge in [-0.3, -0.25) is 14.3 Å². The van der Waals surface area contributed by atoms with Gasteiger partial charge in [-0.25, -0.2) is 8.42 Å². The van der Waals surface area contributed by atoms with Gasteiger partial charge >= 0.3 is 0 Å². The largest absolute Gasteiger partial charge is 0.367 e. The van der Waals surface area contributed by atoms with Gasteiger partial charge in [-0.2, -0.15) is 0 Å². The fourth-order valence-electron chi connectivity index (χ4n) is 4.44. The molecule has 2 amide bonds. The first kappa shape index (κ1) is 25.0. The first-order valence-corrected chi connectivity index (χ1v) is 13.6. The summed E-state index contributed by atoms with van der Waals surface area (Å²) in [4.78, 5) is 28.7. The van der Waals surface area contributed by atoms with Crippen LogP contribution in [0.2, 0.25) is 0 Å². The number of amides is 2. The summed E-state index contributed by atoms with van der Waals surface area (Å²) in [5.74, 6) is -0.106. The highest BCUT2D eigenvalue weighted by Crippen LogP contribution is 2.30. The molecule has 3 N–H and O–H groups in total. The molecule has 0 aromatic heterocycles. The summed E-state index contributed by atoms with van der Waals surface area (Å²) in [6.07, 6.45) is 2.17. The average Bonchev–Trinajstić information content (AvgIpc) is 3.26. The zero-order valence-corrected chi connectivity index (χ0v) is 20.9. The van der Waals surface area contributed by atoms with Crippen LogP contribution < -0.4 is 20.3 Å². The van der Waals surface area contributed by atoms with Crippen LogP contribution in [-0.2, 0) is 14.8 Å². The van der Waals surface area contributed by atoms with E-state index in [-0.39, 0.29) is 16.7 Å². The Bertz CT molecular complexity index is 1180. The van der Waals surface area contributed by atoms with Crippen molar-refractivity contribution in [2.45, 2.75) is 31.1 Å². The zero-order valence-electron chi connectivity index (χ0n) is 20.0. The van der Waals surface area contributed by atoms with Crippen LogP contribution in [0.15, 0.2) is 47.4 Å². The minimum atomic E-state index is -3.84. The highest BCUT2D eigenvalue weighted by atomic mass is 32.2. The third-order valence-corrected chi connectivity index (χ3v) is 7.69. The van der Waals surface area contributed by atoms with Crippen LogP contribution in [-0.4, -0.2) is 70.9 Å². The molecule has 0 unspecified atom stereocenters. The van der Waals surface area contributed by atoms with Gasteiger partial charge in [0, 0.05) is 57.8 Å². The number of anilines is 2. The van der Waals surface area contributed by atoms with Crippen molar-refractivity contribution in [1.82, 2.24) is 15.5 Å². The first-order valence-electron chi connectivity index (χ1n) is 12.1. The van der Waals surface area contributed by atoms with Crippen molar-refractivity contribution in [2.75, 3.05) is 55.4 Å². The lowest BCUT2D eigenvalue weighted by molar-refractivity contribution is -0.127. The van der Waals surface area contributed by atoms with E-state index in [0.29, 0.717) is 37.2 Å². The number of piperazine rings is 1. The lowest BCUT2D eigenvalue weighted by Crippen LogP contribution is -2.43. The number of carbonyl (C=O) groups is 2. The van der Waals surface area contributed by atoms with E-state index >= 15 is 0 Å². The Morgan fingerprint density at radius 2 is 1.89 bits per heavy atom. The number of benzene rings is 2. The molecular weight excluding hydrogens is 466 g/mol. The predicted molar refractivity (Wildman–Crippen MR) is 136 cm³/mol. The molecule has 9 nitrogen and oxygen atoms in total. The molecule has 2 fully saturated rings. The zero-order chi connectivity index (χ0) is 24.8. The lowest BCUT2D eigenvalue weighted by Gasteiger charge is -2.31. The first-order chi connectivity index (χ1) is 16.8. The van der Waals surface area contributed by atoms with Crippen molar-refractivity contribution < 1.29 is 18.0 Å². The Hall–Kier alpha value is -3.11. The highest BCUT2D eigenvalue weighted by molar-refractivity contribution is 7.92. The molecule has 0 spiro atoms. The molecule has 0 aliphatic carbocycles. The summed E-state index contributed by atoms with van der Waals surface area (Å²) in [5, 5.41) is 6.18. The molecule has 0 saturated carbocycles. The van der Waals surface area contributed by atoms with Crippen molar-refractivity contribution in [1.29, 1.82) is 0 Å². The summed E-state index contributed by atoms with van der Waals surface area (Å²) < 4.78 is 29.0. The second-order valence-corrected chi connectivity index (χ2v) is 10.7. The van der Waals surface area contributed by atoms with Crippen molar-refractivity contribution in [3.05, 3.63) is 53.6 Å². The second-order valence-electron chi connectivity index (χ2n) is 8.98. The summed E-state index contributed by atoms with van der Waals surface area (Å²) >= 11 is 0. The summed E-state index contributed by atoms with van der Waals surface area (Å²) in [7, 11) is -3.84. The highest BCUT2D eigenvalue weighted by Gasteiger charge is 2.22. The average molecular weight is 500 g/mol. The van der Waals surface area contributed by atoms with Gasteiger partial charge in [-0.1, -0.05) is 12.1 Å². The number of carbonyl (C=O) groups excluding carboxylic acids is 2. The molecular formula is C25H33N5O4S. The van der Waals surface area contributed by atoms with Gasteiger partial charge in [-0.15, -0.1) is 0 Å². The number of hydrogen-bond acceptors (Lipinski definition) is 6. The minimum absolute atomic E-state index is 0.172. The maximum atomic E-state index is 13.2. The van der Waals surface area contributed by atoms with E-state index in [1.807, 2.05) is 17.9 Å². The van der Waals surface area contributed by atoms with E-state index in [1.165, 1.54) is 0 Å². The molecule has 0 bridgehead atoms. The number of sulfonamides is 1. The van der Waals surface area contributed by atoms with E-state index in [0.717, 1.165) is 50.4 Å². The van der Waals surface area contributed by atoms with Crippen molar-refractivity contribution in [3.63, 3.8) is 0 Å². The van der Waals surface area contributed by atoms with E-state index in [2.05, 4.69) is 20.3 Å². The predicted octanol–water partition coefficient (Wildman–Crippen LogP) is 1.95. The molecule has 0 atom stereocenters. The van der Waals surface area contributed by atoms with Gasteiger partial charge in [0.15, 0.2) is 0 Å². The Morgan fingerprint density at radius 1 is 1.09 bits per heavy atom. The fourth-order valence-corrected chi connectivity index (χ4v) is 5.61. The summed E-state index contributed by atoms with van der Waals surface area (Å²) in [5.41, 5.74) is 2.34. The third-order valence-electron chi connectivity index (χ3n) is 6.32. The Labute approximate surface area is 206 Å². The summed E-state index contributed by atoms with van der Waals surface area (Å²) in [6, 6.07) is 11.9. The molecule has 2 aliphatic rings. The van der Waals surface area contributed by atoms with Crippen LogP contribution in [0.5, 0.6) is 0 Å². The molecule has 2 aromatic carbocycles. The molecule has 2 aromatic rings. The smallest absolute Gasteiger partial charge is 0.261 e. The van der Waals surface area contributed by atoms with Gasteiger partial charge in [0.05, 0.1) is 16.3 Å². The SMILES string of the molecule is Cc1cccc(S(=O)(=O)Nc2cc(C(=O)NCCCN3CCCC3=O)ccc2N2CCNCC2)c1. The number of nitrogens with one attached hydrogen (secondary N) is 3. The van der Waals surface area contributed by atoms with E-state index in [9.17, 15) is 18.0 Å². The Kier molecular flexibility index (Phi) is 7.92.